The number of nitrogens with two attached hydrogens (primary N) is 1. The molecule has 2 N–H and O–H groups in total. The van der Waals surface area contributed by atoms with E-state index >= 15 is 4.39 Å². The van der Waals surface area contributed by atoms with Crippen molar-refractivity contribution in [2.75, 3.05) is 30.9 Å². The number of anilines is 1. The summed E-state index contributed by atoms with van der Waals surface area (Å²) in [5.74, 6) is -2.50. The molecule has 2 bridgehead atoms. The van der Waals surface area contributed by atoms with Crippen LogP contribution < -0.4 is 10.6 Å². The summed E-state index contributed by atoms with van der Waals surface area (Å²) >= 11 is 5.98. The van der Waals surface area contributed by atoms with Crippen molar-refractivity contribution in [3.63, 3.8) is 0 Å². The lowest BCUT2D eigenvalue weighted by molar-refractivity contribution is -0.119. The van der Waals surface area contributed by atoms with Crippen molar-refractivity contribution in [2.45, 2.75) is 35.5 Å². The van der Waals surface area contributed by atoms with Crippen LogP contribution in [-0.4, -0.2) is 73.6 Å². The maximum absolute atomic E-state index is 15.5. The molecule has 40 heavy (non-hydrogen) atoms. The molecule has 2 saturated heterocycles. The summed E-state index contributed by atoms with van der Waals surface area (Å²) < 4.78 is 58.3. The summed E-state index contributed by atoms with van der Waals surface area (Å²) in [6.07, 6.45) is -0.132. The van der Waals surface area contributed by atoms with Gasteiger partial charge in [0.25, 0.3) is 11.8 Å². The zero-order chi connectivity index (χ0) is 28.4. The third-order valence-electron chi connectivity index (χ3n) is 7.35. The first-order valence-electron chi connectivity index (χ1n) is 12.2. The zero-order valence-corrected chi connectivity index (χ0v) is 22.6. The van der Waals surface area contributed by atoms with E-state index in [1.54, 1.807) is 24.3 Å². The summed E-state index contributed by atoms with van der Waals surface area (Å²) in [7, 11) is -2.85. The molecule has 2 aromatic carbocycles. The summed E-state index contributed by atoms with van der Waals surface area (Å²) in [4.78, 5) is 27.7. The van der Waals surface area contributed by atoms with Crippen LogP contribution in [0, 0.1) is 5.82 Å². The van der Waals surface area contributed by atoms with E-state index in [1.165, 1.54) is 23.0 Å². The topological polar surface area (TPSA) is 158 Å². The molecule has 0 aliphatic carbocycles. The Morgan fingerprint density at radius 3 is 2.75 bits per heavy atom. The predicted octanol–water partition coefficient (Wildman–Crippen LogP) is 2.24. The highest BCUT2D eigenvalue weighted by Crippen LogP contribution is 2.45. The van der Waals surface area contributed by atoms with E-state index in [9.17, 15) is 18.0 Å². The molecule has 3 aromatic rings. The molecule has 210 valence electrons. The Bertz CT molecular complexity index is 1630. The van der Waals surface area contributed by atoms with Crippen LogP contribution in [0.2, 0.25) is 5.02 Å². The standard InChI is InChI=1S/C25H23ClFN5O7S/c1-37-24(34)32-12-25(8-15(32)10-38-25)23-30-29-21(39-23)16-6-19-20(7-17(16)27)40(35,36)11-18(28)22(33)31(19)9-13-2-4-14(26)5-3-13/h2-7,15,18H,8-12,28H2,1H3/t15?,18-,25?/m0/s1. The molecular formula is C25H23ClFN5O7S. The number of ether oxygens (including phenoxy) is 2. The van der Waals surface area contributed by atoms with Gasteiger partial charge in [0, 0.05) is 11.4 Å². The van der Waals surface area contributed by atoms with E-state index in [0.29, 0.717) is 17.0 Å². The molecule has 15 heteroatoms. The number of methoxy groups -OCH3 is 1. The quantitative estimate of drug-likeness (QED) is 0.477. The number of halogens is 2. The minimum absolute atomic E-state index is 0.0366. The fraction of sp³-hybridized carbons (Fsp3) is 0.360. The van der Waals surface area contributed by atoms with Crippen molar-refractivity contribution in [1.29, 1.82) is 0 Å². The van der Waals surface area contributed by atoms with E-state index in [0.717, 1.165) is 6.07 Å². The molecule has 3 aliphatic heterocycles. The molecule has 2 unspecified atom stereocenters. The largest absolute Gasteiger partial charge is 0.453 e. The van der Waals surface area contributed by atoms with E-state index in [2.05, 4.69) is 10.2 Å². The molecular weight excluding hydrogens is 569 g/mol. The first-order valence-corrected chi connectivity index (χ1v) is 14.2. The fourth-order valence-corrected chi connectivity index (χ4v) is 7.04. The van der Waals surface area contributed by atoms with Gasteiger partial charge in [-0.1, -0.05) is 23.7 Å². The van der Waals surface area contributed by atoms with Gasteiger partial charge in [0.05, 0.1) is 60.8 Å². The number of amides is 2. The Balaban J connectivity index is 1.41. The highest BCUT2D eigenvalue weighted by molar-refractivity contribution is 7.91. The minimum atomic E-state index is -4.13. The first kappa shape index (κ1) is 26.6. The minimum Gasteiger partial charge on any atom is -0.453 e. The van der Waals surface area contributed by atoms with Gasteiger partial charge >= 0.3 is 6.09 Å². The number of aromatic nitrogens is 2. The molecule has 0 saturated carbocycles. The average Bonchev–Trinajstić information content (AvgIpc) is 3.67. The highest BCUT2D eigenvalue weighted by Gasteiger charge is 2.57. The lowest BCUT2D eigenvalue weighted by Gasteiger charge is -2.29. The first-order chi connectivity index (χ1) is 19.0. The summed E-state index contributed by atoms with van der Waals surface area (Å²) in [6, 6.07) is 7.05. The number of nitrogens with zero attached hydrogens (tertiary/aromatic N) is 4. The third kappa shape index (κ3) is 4.31. The number of carbonyl (C=O) groups excluding carboxylic acids is 2. The van der Waals surface area contributed by atoms with Gasteiger partial charge in [-0.15, -0.1) is 10.2 Å². The Labute approximate surface area is 232 Å². The molecule has 1 aromatic heterocycles. The van der Waals surface area contributed by atoms with Crippen molar-refractivity contribution in [3.8, 4) is 11.5 Å². The molecule has 0 spiro atoms. The number of sulfone groups is 1. The summed E-state index contributed by atoms with van der Waals surface area (Å²) in [5, 5.41) is 8.54. The van der Waals surface area contributed by atoms with Crippen LogP contribution in [0.15, 0.2) is 45.7 Å². The van der Waals surface area contributed by atoms with Crippen LogP contribution in [0.1, 0.15) is 17.9 Å². The van der Waals surface area contributed by atoms with Gasteiger partial charge in [0.2, 0.25) is 5.91 Å². The monoisotopic (exact) mass is 591 g/mol. The number of rotatable bonds is 4. The van der Waals surface area contributed by atoms with Crippen LogP contribution in [0.5, 0.6) is 0 Å². The normalized spacial score (nSPS) is 25.1. The van der Waals surface area contributed by atoms with Gasteiger partial charge in [0.1, 0.15) is 5.82 Å². The lowest BCUT2D eigenvalue weighted by atomic mass is 10.0. The van der Waals surface area contributed by atoms with Crippen LogP contribution >= 0.6 is 11.6 Å². The number of benzene rings is 2. The van der Waals surface area contributed by atoms with Gasteiger partial charge in [-0.3, -0.25) is 9.69 Å². The van der Waals surface area contributed by atoms with E-state index < -0.39 is 45.1 Å². The molecule has 4 heterocycles. The van der Waals surface area contributed by atoms with Crippen molar-refractivity contribution < 1.29 is 36.3 Å². The van der Waals surface area contributed by atoms with Crippen LogP contribution in [-0.2, 0) is 36.3 Å². The Hall–Kier alpha value is -3.59. The molecule has 3 atom stereocenters. The van der Waals surface area contributed by atoms with E-state index in [-0.39, 0.29) is 53.7 Å². The smallest absolute Gasteiger partial charge is 0.409 e. The molecule has 0 radical (unpaired) electrons. The second kappa shape index (κ2) is 9.51. The molecule has 2 amide bonds. The highest BCUT2D eigenvalue weighted by atomic mass is 35.5. The van der Waals surface area contributed by atoms with Gasteiger partial charge in [-0.05, 0) is 29.8 Å². The maximum atomic E-state index is 15.5. The fourth-order valence-electron chi connectivity index (χ4n) is 5.35. The summed E-state index contributed by atoms with van der Waals surface area (Å²) in [6.45, 7) is 0.298. The van der Waals surface area contributed by atoms with E-state index in [1.807, 2.05) is 0 Å². The lowest BCUT2D eigenvalue weighted by Crippen LogP contribution is -2.45. The number of likely N-dealkylation sites (tertiary alicyclic amines) is 1. The van der Waals surface area contributed by atoms with Crippen molar-refractivity contribution >= 4 is 39.1 Å². The Morgan fingerprint density at radius 1 is 1.27 bits per heavy atom. The number of morpholine rings is 1. The van der Waals surface area contributed by atoms with Gasteiger partial charge < -0.3 is 24.5 Å². The Morgan fingerprint density at radius 2 is 2.02 bits per heavy atom. The molecule has 12 nitrogen and oxygen atoms in total. The number of hydrogen-bond acceptors (Lipinski definition) is 10. The molecule has 6 rings (SSSR count). The molecule has 2 fully saturated rings. The maximum Gasteiger partial charge on any atom is 0.409 e. The second-order valence-corrected chi connectivity index (χ2v) is 12.4. The van der Waals surface area contributed by atoms with Crippen LogP contribution in [0.4, 0.5) is 14.9 Å². The zero-order valence-electron chi connectivity index (χ0n) is 21.0. The van der Waals surface area contributed by atoms with Crippen molar-refractivity contribution in [1.82, 2.24) is 15.1 Å². The number of fused-ring (bicyclic) bond motifs is 3. The Kier molecular flexibility index (Phi) is 6.33. The second-order valence-electron chi connectivity index (χ2n) is 9.91. The van der Waals surface area contributed by atoms with Crippen molar-refractivity contribution in [2.24, 2.45) is 5.73 Å². The predicted molar refractivity (Wildman–Crippen MR) is 138 cm³/mol. The SMILES string of the molecule is COC(=O)N1CC2(c3nnc(-c4cc5c(cc4F)S(=O)(=O)C[C@H](N)C(=O)N5Cc4ccc(Cl)cc4)o3)CC1CO2. The summed E-state index contributed by atoms with van der Waals surface area (Å²) in [5.41, 5.74) is 5.23. The van der Waals surface area contributed by atoms with E-state index in [4.69, 9.17) is 31.2 Å². The van der Waals surface area contributed by atoms with Crippen LogP contribution in [0.3, 0.4) is 0 Å². The number of hydrogen-bond donors (Lipinski definition) is 1. The van der Waals surface area contributed by atoms with Crippen LogP contribution in [0.25, 0.3) is 11.5 Å². The van der Waals surface area contributed by atoms with Gasteiger partial charge in [0.15, 0.2) is 15.4 Å². The average molecular weight is 592 g/mol. The van der Waals surface area contributed by atoms with Crippen molar-refractivity contribution in [3.05, 3.63) is 58.7 Å². The van der Waals surface area contributed by atoms with Gasteiger partial charge in [-0.25, -0.2) is 17.6 Å². The molecule has 3 aliphatic rings. The third-order valence-corrected chi connectivity index (χ3v) is 9.40. The van der Waals surface area contributed by atoms with Gasteiger partial charge in [-0.2, -0.15) is 0 Å². The number of carbonyl (C=O) groups is 2.